The average molecular weight is 387 g/mol. The molecule has 0 saturated carbocycles. The second kappa shape index (κ2) is 10.9. The van der Waals surface area contributed by atoms with Crippen LogP contribution in [-0.2, 0) is 27.4 Å². The third kappa shape index (κ3) is 6.28. The number of ether oxygens (including phenoxy) is 4. The highest BCUT2D eigenvalue weighted by atomic mass is 16.5. The van der Waals surface area contributed by atoms with Crippen molar-refractivity contribution in [2.45, 2.75) is 20.1 Å². The van der Waals surface area contributed by atoms with Crippen LogP contribution in [0.2, 0.25) is 0 Å². The molecular weight excluding hydrogens is 362 g/mol. The van der Waals surface area contributed by atoms with E-state index in [4.69, 9.17) is 18.9 Å². The summed E-state index contributed by atoms with van der Waals surface area (Å²) in [7, 11) is 3.14. The first-order chi connectivity index (χ1) is 13.6. The van der Waals surface area contributed by atoms with Crippen LogP contribution < -0.4 is 14.8 Å². The Balaban J connectivity index is 1.85. The Morgan fingerprint density at radius 3 is 2.39 bits per heavy atom. The molecule has 7 heteroatoms. The third-order valence-corrected chi connectivity index (χ3v) is 3.96. The van der Waals surface area contributed by atoms with Gasteiger partial charge in [0.2, 0.25) is 0 Å². The van der Waals surface area contributed by atoms with Crippen molar-refractivity contribution in [3.63, 3.8) is 0 Å². The molecule has 0 bridgehead atoms. The van der Waals surface area contributed by atoms with Crippen molar-refractivity contribution in [2.24, 2.45) is 0 Å². The third-order valence-electron chi connectivity index (χ3n) is 3.96. The molecule has 0 saturated heterocycles. The molecule has 7 nitrogen and oxygen atoms in total. The number of carbonyl (C=O) groups is 2. The van der Waals surface area contributed by atoms with Crippen molar-refractivity contribution >= 4 is 11.9 Å². The van der Waals surface area contributed by atoms with Gasteiger partial charge < -0.3 is 24.3 Å². The zero-order valence-corrected chi connectivity index (χ0v) is 16.3. The van der Waals surface area contributed by atoms with Gasteiger partial charge in [0.05, 0.1) is 26.4 Å². The monoisotopic (exact) mass is 387 g/mol. The van der Waals surface area contributed by atoms with Gasteiger partial charge in [-0.05, 0) is 42.8 Å². The minimum absolute atomic E-state index is 0.323. The lowest BCUT2D eigenvalue weighted by molar-refractivity contribution is -0.124. The number of nitrogens with one attached hydrogen (secondary N) is 1. The summed E-state index contributed by atoms with van der Waals surface area (Å²) in [6.07, 6.45) is 0. The van der Waals surface area contributed by atoms with Crippen LogP contribution in [0.1, 0.15) is 28.4 Å². The first-order valence-corrected chi connectivity index (χ1v) is 8.88. The summed E-state index contributed by atoms with van der Waals surface area (Å²) >= 11 is 0. The predicted octanol–water partition coefficient (Wildman–Crippen LogP) is 2.71. The van der Waals surface area contributed by atoms with E-state index in [0.29, 0.717) is 31.1 Å². The maximum Gasteiger partial charge on any atom is 0.338 e. The van der Waals surface area contributed by atoms with Gasteiger partial charge >= 0.3 is 5.97 Å². The summed E-state index contributed by atoms with van der Waals surface area (Å²) in [5.74, 6) is 0.404. The second-order valence-corrected chi connectivity index (χ2v) is 5.86. The Labute approximate surface area is 164 Å². The summed E-state index contributed by atoms with van der Waals surface area (Å²) in [6, 6.07) is 12.2. The summed E-state index contributed by atoms with van der Waals surface area (Å²) in [6.45, 7) is 2.73. The number of hydrogen-bond acceptors (Lipinski definition) is 6. The van der Waals surface area contributed by atoms with Crippen LogP contribution in [0.5, 0.6) is 11.5 Å². The number of hydrogen-bond donors (Lipinski definition) is 1. The Morgan fingerprint density at radius 2 is 1.75 bits per heavy atom. The van der Waals surface area contributed by atoms with Crippen LogP contribution >= 0.6 is 0 Å². The van der Waals surface area contributed by atoms with Gasteiger partial charge in [0.1, 0.15) is 11.5 Å². The fraction of sp³-hybridized carbons (Fsp3) is 0.333. The van der Waals surface area contributed by atoms with Gasteiger partial charge in [-0.15, -0.1) is 0 Å². The van der Waals surface area contributed by atoms with Crippen LogP contribution in [-0.4, -0.2) is 39.3 Å². The SMILES string of the molecule is CCOCc1cc(C(=O)OCC(=O)NCc2ccc(OC)cc2)ccc1OC. The number of methoxy groups -OCH3 is 2. The zero-order valence-electron chi connectivity index (χ0n) is 16.3. The van der Waals surface area contributed by atoms with Crippen molar-refractivity contribution in [3.05, 3.63) is 59.2 Å². The first kappa shape index (κ1) is 21.2. The van der Waals surface area contributed by atoms with Crippen molar-refractivity contribution in [1.29, 1.82) is 0 Å². The van der Waals surface area contributed by atoms with Crippen LogP contribution in [0.3, 0.4) is 0 Å². The van der Waals surface area contributed by atoms with E-state index in [1.807, 2.05) is 31.2 Å². The van der Waals surface area contributed by atoms with Crippen LogP contribution in [0.15, 0.2) is 42.5 Å². The Kier molecular flexibility index (Phi) is 8.30. The van der Waals surface area contributed by atoms with Gasteiger partial charge in [0, 0.05) is 18.7 Å². The highest BCUT2D eigenvalue weighted by molar-refractivity contribution is 5.91. The molecule has 0 aliphatic heterocycles. The minimum atomic E-state index is -0.583. The molecule has 0 aliphatic rings. The van der Waals surface area contributed by atoms with Gasteiger partial charge in [0.25, 0.3) is 5.91 Å². The Hall–Kier alpha value is -3.06. The van der Waals surface area contributed by atoms with E-state index in [2.05, 4.69) is 5.32 Å². The summed E-state index contributed by atoms with van der Waals surface area (Å²) in [5, 5.41) is 2.70. The lowest BCUT2D eigenvalue weighted by atomic mass is 10.1. The van der Waals surface area contributed by atoms with Crippen molar-refractivity contribution in [1.82, 2.24) is 5.32 Å². The smallest absolute Gasteiger partial charge is 0.338 e. The average Bonchev–Trinajstić information content (AvgIpc) is 2.74. The highest BCUT2D eigenvalue weighted by Gasteiger charge is 2.13. The van der Waals surface area contributed by atoms with Crippen molar-refractivity contribution in [3.8, 4) is 11.5 Å². The molecule has 0 unspecified atom stereocenters. The highest BCUT2D eigenvalue weighted by Crippen LogP contribution is 2.21. The molecule has 0 fully saturated rings. The van der Waals surface area contributed by atoms with Gasteiger partial charge in [-0.25, -0.2) is 4.79 Å². The molecule has 0 atom stereocenters. The van der Waals surface area contributed by atoms with E-state index in [9.17, 15) is 9.59 Å². The summed E-state index contributed by atoms with van der Waals surface area (Å²) in [4.78, 5) is 24.2. The van der Waals surface area contributed by atoms with E-state index in [1.54, 1.807) is 32.4 Å². The van der Waals surface area contributed by atoms with Gasteiger partial charge in [0.15, 0.2) is 6.61 Å². The quantitative estimate of drug-likeness (QED) is 0.631. The molecule has 150 valence electrons. The van der Waals surface area contributed by atoms with Gasteiger partial charge in [-0.3, -0.25) is 4.79 Å². The van der Waals surface area contributed by atoms with E-state index in [1.165, 1.54) is 0 Å². The van der Waals surface area contributed by atoms with Crippen LogP contribution in [0, 0.1) is 0 Å². The molecule has 1 amide bonds. The molecule has 0 radical (unpaired) electrons. The fourth-order valence-corrected chi connectivity index (χ4v) is 2.44. The van der Waals surface area contributed by atoms with Crippen LogP contribution in [0.4, 0.5) is 0 Å². The molecule has 0 heterocycles. The molecule has 28 heavy (non-hydrogen) atoms. The van der Waals surface area contributed by atoms with E-state index < -0.39 is 5.97 Å². The standard InChI is InChI=1S/C21H25NO6/c1-4-27-13-17-11-16(7-10-19(17)26-3)21(24)28-14-20(23)22-12-15-5-8-18(25-2)9-6-15/h5-11H,4,12-14H2,1-3H3,(H,22,23). The first-order valence-electron chi connectivity index (χ1n) is 8.88. The molecule has 2 rings (SSSR count). The van der Waals surface area contributed by atoms with Gasteiger partial charge in [-0.1, -0.05) is 12.1 Å². The molecule has 0 aromatic heterocycles. The maximum atomic E-state index is 12.2. The van der Waals surface area contributed by atoms with E-state index in [-0.39, 0.29) is 12.5 Å². The van der Waals surface area contributed by atoms with E-state index >= 15 is 0 Å². The lowest BCUT2D eigenvalue weighted by Gasteiger charge is -2.11. The second-order valence-electron chi connectivity index (χ2n) is 5.86. The summed E-state index contributed by atoms with van der Waals surface area (Å²) < 4.78 is 20.8. The Bertz CT molecular complexity index is 788. The minimum Gasteiger partial charge on any atom is -0.497 e. The number of carbonyl (C=O) groups excluding carboxylic acids is 2. The molecule has 2 aromatic carbocycles. The topological polar surface area (TPSA) is 83.1 Å². The molecule has 1 N–H and O–H groups in total. The molecule has 2 aromatic rings. The lowest BCUT2D eigenvalue weighted by Crippen LogP contribution is -2.28. The van der Waals surface area contributed by atoms with E-state index in [0.717, 1.165) is 16.9 Å². The molecule has 0 spiro atoms. The Morgan fingerprint density at radius 1 is 1.00 bits per heavy atom. The summed E-state index contributed by atoms with van der Waals surface area (Å²) in [5.41, 5.74) is 1.98. The maximum absolute atomic E-state index is 12.2. The zero-order chi connectivity index (χ0) is 20.4. The predicted molar refractivity (Wildman–Crippen MR) is 103 cm³/mol. The largest absolute Gasteiger partial charge is 0.497 e. The van der Waals surface area contributed by atoms with Crippen molar-refractivity contribution < 1.29 is 28.5 Å². The van der Waals surface area contributed by atoms with Gasteiger partial charge in [-0.2, -0.15) is 0 Å². The number of esters is 1. The number of rotatable bonds is 10. The molecule has 0 aliphatic carbocycles. The number of benzene rings is 2. The normalized spacial score (nSPS) is 10.2. The fourth-order valence-electron chi connectivity index (χ4n) is 2.44. The van der Waals surface area contributed by atoms with Crippen LogP contribution in [0.25, 0.3) is 0 Å². The molecular formula is C21H25NO6. The van der Waals surface area contributed by atoms with Crippen molar-refractivity contribution in [2.75, 3.05) is 27.4 Å². The number of amides is 1.